The van der Waals surface area contributed by atoms with E-state index < -0.39 is 17.9 Å². The zero-order valence-electron chi connectivity index (χ0n) is 6.12. The van der Waals surface area contributed by atoms with Gasteiger partial charge in [0.15, 0.2) is 0 Å². The maximum atomic E-state index is 10.3. The highest BCUT2D eigenvalue weighted by Crippen LogP contribution is 2.10. The van der Waals surface area contributed by atoms with Gasteiger partial charge in [0, 0.05) is 6.42 Å². The van der Waals surface area contributed by atoms with Gasteiger partial charge in [0.25, 0.3) is 0 Å². The number of carbonyl (C=O) groups is 2. The first-order valence-electron chi connectivity index (χ1n) is 3.31. The van der Waals surface area contributed by atoms with Crippen LogP contribution in [0.25, 0.3) is 0 Å². The quantitative estimate of drug-likeness (QED) is 0.621. The normalized spacial score (nSPS) is 12.5. The lowest BCUT2D eigenvalue weighted by molar-refractivity contribution is -0.142. The second-order valence-corrected chi connectivity index (χ2v) is 2.26. The molecule has 1 radical (unpaired) electrons. The Kier molecular flexibility index (Phi) is 4.26. The van der Waals surface area contributed by atoms with E-state index in [0.717, 1.165) is 0 Å². The second-order valence-electron chi connectivity index (χ2n) is 2.26. The van der Waals surface area contributed by atoms with E-state index >= 15 is 0 Å². The Bertz CT molecular complexity index is 153. The summed E-state index contributed by atoms with van der Waals surface area (Å²) in [5.41, 5.74) is 0. The minimum Gasteiger partial charge on any atom is -0.481 e. The molecule has 0 fully saturated rings. The van der Waals surface area contributed by atoms with E-state index in [2.05, 4.69) is 6.92 Å². The van der Waals surface area contributed by atoms with E-state index in [-0.39, 0.29) is 19.3 Å². The van der Waals surface area contributed by atoms with Crippen LogP contribution in [0.1, 0.15) is 19.3 Å². The summed E-state index contributed by atoms with van der Waals surface area (Å²) in [6, 6.07) is 0. The van der Waals surface area contributed by atoms with Crippen molar-refractivity contribution in [3.05, 3.63) is 6.92 Å². The van der Waals surface area contributed by atoms with E-state index in [1.807, 2.05) is 0 Å². The van der Waals surface area contributed by atoms with Crippen molar-refractivity contribution in [2.75, 3.05) is 0 Å². The molecule has 0 rings (SSSR count). The molecule has 0 aliphatic carbocycles. The molecule has 1 atom stereocenters. The van der Waals surface area contributed by atoms with Gasteiger partial charge in [-0.2, -0.15) is 0 Å². The van der Waals surface area contributed by atoms with Gasteiger partial charge in [0.1, 0.15) is 0 Å². The van der Waals surface area contributed by atoms with Gasteiger partial charge in [-0.15, -0.1) is 0 Å². The summed E-state index contributed by atoms with van der Waals surface area (Å²) in [5, 5.41) is 16.7. The first kappa shape index (κ1) is 9.94. The molecule has 0 aliphatic rings. The van der Waals surface area contributed by atoms with Crippen LogP contribution in [0.2, 0.25) is 0 Å². The minimum atomic E-state index is -0.971. The van der Waals surface area contributed by atoms with Crippen LogP contribution in [-0.2, 0) is 9.59 Å². The third kappa shape index (κ3) is 4.36. The van der Waals surface area contributed by atoms with E-state index in [0.29, 0.717) is 0 Å². The molecule has 0 saturated heterocycles. The molecule has 2 N–H and O–H groups in total. The average molecular weight is 159 g/mol. The van der Waals surface area contributed by atoms with Gasteiger partial charge in [-0.1, -0.05) is 6.92 Å². The van der Waals surface area contributed by atoms with Crippen molar-refractivity contribution < 1.29 is 19.8 Å². The number of hydrogen-bond acceptors (Lipinski definition) is 2. The number of carboxylic acids is 2. The number of rotatable bonds is 5. The van der Waals surface area contributed by atoms with Crippen LogP contribution >= 0.6 is 0 Å². The predicted molar refractivity (Wildman–Crippen MR) is 38.0 cm³/mol. The molecule has 0 aromatic rings. The molecule has 1 unspecified atom stereocenters. The lowest BCUT2D eigenvalue weighted by Gasteiger charge is -2.05. The number of carboxylic acid groups (broad SMARTS) is 2. The Morgan fingerprint density at radius 1 is 1.36 bits per heavy atom. The minimum absolute atomic E-state index is 0.105. The summed E-state index contributed by atoms with van der Waals surface area (Å²) in [4.78, 5) is 20.3. The van der Waals surface area contributed by atoms with Crippen LogP contribution in [0.15, 0.2) is 0 Å². The fourth-order valence-electron chi connectivity index (χ4n) is 0.689. The monoisotopic (exact) mass is 159 g/mol. The van der Waals surface area contributed by atoms with Gasteiger partial charge in [-0.3, -0.25) is 9.59 Å². The Hall–Kier alpha value is -1.06. The molecular formula is C7H11O4. The Morgan fingerprint density at radius 2 is 1.91 bits per heavy atom. The van der Waals surface area contributed by atoms with Crippen molar-refractivity contribution in [3.8, 4) is 0 Å². The fraction of sp³-hybridized carbons (Fsp3) is 0.571. The van der Waals surface area contributed by atoms with Gasteiger partial charge in [0.05, 0.1) is 5.92 Å². The zero-order valence-corrected chi connectivity index (χ0v) is 6.12. The molecule has 4 nitrogen and oxygen atoms in total. The molecule has 0 aromatic heterocycles. The first-order chi connectivity index (χ1) is 5.07. The maximum Gasteiger partial charge on any atom is 0.306 e. The van der Waals surface area contributed by atoms with E-state index in [4.69, 9.17) is 10.2 Å². The fourth-order valence-corrected chi connectivity index (χ4v) is 0.689. The Balaban J connectivity index is 3.70. The summed E-state index contributed by atoms with van der Waals surface area (Å²) < 4.78 is 0. The molecule has 0 aromatic carbocycles. The Morgan fingerprint density at radius 3 is 2.18 bits per heavy atom. The Labute approximate surface area is 64.8 Å². The molecule has 0 bridgehead atoms. The highest BCUT2D eigenvalue weighted by molar-refractivity contribution is 5.72. The molecule has 4 heteroatoms. The van der Waals surface area contributed by atoms with Crippen molar-refractivity contribution in [1.29, 1.82) is 0 Å². The van der Waals surface area contributed by atoms with Crippen molar-refractivity contribution in [2.45, 2.75) is 19.3 Å². The van der Waals surface area contributed by atoms with Crippen molar-refractivity contribution in [2.24, 2.45) is 5.92 Å². The largest absolute Gasteiger partial charge is 0.481 e. The third-order valence-corrected chi connectivity index (χ3v) is 1.40. The van der Waals surface area contributed by atoms with Crippen molar-refractivity contribution in [1.82, 2.24) is 0 Å². The molecule has 0 amide bonds. The molecular weight excluding hydrogens is 148 g/mol. The highest BCUT2D eigenvalue weighted by Gasteiger charge is 2.15. The van der Waals surface area contributed by atoms with Crippen LogP contribution in [0, 0.1) is 12.8 Å². The number of hydrogen-bond donors (Lipinski definition) is 2. The molecule has 11 heavy (non-hydrogen) atoms. The van der Waals surface area contributed by atoms with Gasteiger partial charge in [0.2, 0.25) is 0 Å². The van der Waals surface area contributed by atoms with E-state index in [1.54, 1.807) is 0 Å². The lowest BCUT2D eigenvalue weighted by Crippen LogP contribution is -2.14. The SMILES string of the molecule is [CH2]CC(CCC(=O)O)C(=O)O. The third-order valence-electron chi connectivity index (χ3n) is 1.40. The summed E-state index contributed by atoms with van der Waals surface area (Å²) in [6.07, 6.45) is 0.295. The zero-order chi connectivity index (χ0) is 8.85. The summed E-state index contributed by atoms with van der Waals surface area (Å²) in [5.74, 6) is -2.56. The number of aliphatic carboxylic acids is 2. The standard InChI is InChI=1S/C7H11O4/c1-2-5(7(10)11)3-4-6(8)9/h5H,1-4H2,(H,8,9)(H,10,11). The van der Waals surface area contributed by atoms with Crippen LogP contribution < -0.4 is 0 Å². The lowest BCUT2D eigenvalue weighted by atomic mass is 10.0. The molecule has 0 aliphatic heterocycles. The second kappa shape index (κ2) is 4.71. The van der Waals surface area contributed by atoms with Crippen LogP contribution in [0.3, 0.4) is 0 Å². The topological polar surface area (TPSA) is 74.6 Å². The van der Waals surface area contributed by atoms with E-state index in [1.165, 1.54) is 0 Å². The summed E-state index contributed by atoms with van der Waals surface area (Å²) in [7, 11) is 0. The van der Waals surface area contributed by atoms with Crippen molar-refractivity contribution >= 4 is 11.9 Å². The maximum absolute atomic E-state index is 10.3. The predicted octanol–water partition coefficient (Wildman–Crippen LogP) is 0.776. The summed E-state index contributed by atoms with van der Waals surface area (Å²) >= 11 is 0. The smallest absolute Gasteiger partial charge is 0.306 e. The molecule has 0 saturated carbocycles. The molecule has 0 spiro atoms. The molecule has 63 valence electrons. The molecule has 0 heterocycles. The average Bonchev–Trinajstić information content (AvgIpc) is 1.87. The van der Waals surface area contributed by atoms with Gasteiger partial charge in [-0.05, 0) is 12.8 Å². The van der Waals surface area contributed by atoms with Gasteiger partial charge < -0.3 is 10.2 Å². The van der Waals surface area contributed by atoms with Crippen LogP contribution in [0.4, 0.5) is 0 Å². The van der Waals surface area contributed by atoms with E-state index in [9.17, 15) is 9.59 Å². The summed E-state index contributed by atoms with van der Waals surface area (Å²) in [6.45, 7) is 3.41. The van der Waals surface area contributed by atoms with Crippen LogP contribution in [-0.4, -0.2) is 22.2 Å². The van der Waals surface area contributed by atoms with Gasteiger partial charge >= 0.3 is 11.9 Å². The van der Waals surface area contributed by atoms with Crippen LogP contribution in [0.5, 0.6) is 0 Å². The van der Waals surface area contributed by atoms with Gasteiger partial charge in [-0.25, -0.2) is 0 Å². The first-order valence-corrected chi connectivity index (χ1v) is 3.31. The van der Waals surface area contributed by atoms with Crippen molar-refractivity contribution in [3.63, 3.8) is 0 Å². The highest BCUT2D eigenvalue weighted by atomic mass is 16.4.